The summed E-state index contributed by atoms with van der Waals surface area (Å²) in [5, 5.41) is 7.86. The molecule has 0 aromatic carbocycles. The monoisotopic (exact) mass is 661 g/mol. The van der Waals surface area contributed by atoms with Crippen LogP contribution < -0.4 is 10.6 Å². The Morgan fingerprint density at radius 3 is 0.936 bits per heavy atom. The van der Waals surface area contributed by atoms with E-state index in [1.165, 1.54) is 218 Å². The predicted octanol–water partition coefficient (Wildman–Crippen LogP) is 14.3. The van der Waals surface area contributed by atoms with E-state index in [1.54, 1.807) is 0 Å². The molecule has 0 spiro atoms. The van der Waals surface area contributed by atoms with E-state index in [4.69, 9.17) is 0 Å². The maximum absolute atomic E-state index is 13.9. The Kier molecular flexibility index (Phi) is 29.7. The Morgan fingerprint density at radius 1 is 0.383 bits per heavy atom. The molecular weight excluding hydrogens is 572 g/mol. The van der Waals surface area contributed by atoms with Gasteiger partial charge in [-0.25, -0.2) is 0 Å². The van der Waals surface area contributed by atoms with E-state index in [0.717, 1.165) is 19.4 Å². The minimum atomic E-state index is -0.358. The third-order valence-corrected chi connectivity index (χ3v) is 11.5. The van der Waals surface area contributed by atoms with Crippen molar-refractivity contribution in [3.63, 3.8) is 0 Å². The summed E-state index contributed by atoms with van der Waals surface area (Å²) in [6.07, 6.45) is 47.8. The molecule has 1 fully saturated rings. The highest BCUT2D eigenvalue weighted by Gasteiger charge is 2.48. The number of carbonyl (C=O) groups excluding carboxylic acids is 1. The molecule has 47 heavy (non-hydrogen) atoms. The molecule has 1 saturated heterocycles. The van der Waals surface area contributed by atoms with Crippen LogP contribution in [0.3, 0.4) is 0 Å². The molecule has 2 N–H and O–H groups in total. The number of hydrogen-bond donors (Lipinski definition) is 2. The third-order valence-electron chi connectivity index (χ3n) is 11.5. The number of nitrogens with one attached hydrogen (secondary N) is 2. The van der Waals surface area contributed by atoms with Gasteiger partial charge in [0, 0.05) is 12.1 Å². The van der Waals surface area contributed by atoms with Crippen LogP contribution in [-0.4, -0.2) is 23.5 Å². The van der Waals surface area contributed by atoms with Gasteiger partial charge in [0.25, 0.3) is 0 Å². The van der Waals surface area contributed by atoms with E-state index in [-0.39, 0.29) is 11.1 Å². The summed E-state index contributed by atoms with van der Waals surface area (Å²) < 4.78 is 0. The number of carbonyl (C=O) groups is 1. The van der Waals surface area contributed by atoms with Crippen LogP contribution in [-0.2, 0) is 4.79 Å². The highest BCUT2D eigenvalue weighted by Crippen LogP contribution is 2.34. The molecule has 0 radical (unpaired) electrons. The van der Waals surface area contributed by atoms with Crippen LogP contribution in [0.25, 0.3) is 0 Å². The average Bonchev–Trinajstić information content (AvgIpc) is 3.08. The third kappa shape index (κ3) is 22.7. The first kappa shape index (κ1) is 44.5. The van der Waals surface area contributed by atoms with Crippen molar-refractivity contribution >= 4 is 5.91 Å². The van der Waals surface area contributed by atoms with Crippen LogP contribution in [0.2, 0.25) is 0 Å². The van der Waals surface area contributed by atoms with Crippen LogP contribution >= 0.6 is 0 Å². The molecule has 1 aliphatic rings. The highest BCUT2D eigenvalue weighted by molar-refractivity contribution is 5.87. The van der Waals surface area contributed by atoms with Gasteiger partial charge in [-0.1, -0.05) is 233 Å². The zero-order valence-electron chi connectivity index (χ0n) is 33.1. The van der Waals surface area contributed by atoms with Gasteiger partial charge in [-0.15, -0.1) is 0 Å². The van der Waals surface area contributed by atoms with Crippen molar-refractivity contribution in [2.45, 2.75) is 270 Å². The fourth-order valence-corrected chi connectivity index (χ4v) is 8.25. The lowest BCUT2D eigenvalue weighted by atomic mass is 9.76. The Balaban J connectivity index is 2.85. The number of amides is 1. The van der Waals surface area contributed by atoms with Crippen molar-refractivity contribution in [3.8, 4) is 0 Å². The second-order valence-electron chi connectivity index (χ2n) is 16.1. The van der Waals surface area contributed by atoms with Gasteiger partial charge in [-0.2, -0.15) is 0 Å². The van der Waals surface area contributed by atoms with E-state index >= 15 is 0 Å². The first-order valence-corrected chi connectivity index (χ1v) is 22.2. The van der Waals surface area contributed by atoms with Crippen LogP contribution in [0, 0.1) is 0 Å². The van der Waals surface area contributed by atoms with Gasteiger partial charge in [0.2, 0.25) is 5.91 Å². The second-order valence-corrected chi connectivity index (χ2v) is 16.1. The fraction of sp³-hybridized carbons (Fsp3) is 0.977. The SMILES string of the molecule is CCCCCCCCCCC1(CCCCCCCCCC)CNC(=O)C(CCCCCCCCCC)(CCCCCCCCCC)N1. The molecule has 3 heteroatoms. The maximum atomic E-state index is 13.9. The lowest BCUT2D eigenvalue weighted by molar-refractivity contribution is -0.133. The zero-order valence-corrected chi connectivity index (χ0v) is 33.1. The molecule has 1 rings (SSSR count). The minimum Gasteiger partial charge on any atom is -0.353 e. The first-order valence-electron chi connectivity index (χ1n) is 22.2. The number of rotatable bonds is 36. The fourth-order valence-electron chi connectivity index (χ4n) is 8.25. The molecule has 280 valence electrons. The molecule has 0 unspecified atom stereocenters. The van der Waals surface area contributed by atoms with E-state index in [2.05, 4.69) is 38.3 Å². The van der Waals surface area contributed by atoms with E-state index in [0.29, 0.717) is 5.91 Å². The number of unbranched alkanes of at least 4 members (excludes halogenated alkanes) is 28. The van der Waals surface area contributed by atoms with Crippen LogP contribution in [0.4, 0.5) is 0 Å². The number of hydrogen-bond acceptors (Lipinski definition) is 2. The molecule has 3 nitrogen and oxygen atoms in total. The van der Waals surface area contributed by atoms with Gasteiger partial charge < -0.3 is 5.32 Å². The Bertz CT molecular complexity index is 636. The largest absolute Gasteiger partial charge is 0.353 e. The Hall–Kier alpha value is -0.570. The van der Waals surface area contributed by atoms with Crippen LogP contribution in [0.1, 0.15) is 259 Å². The summed E-state index contributed by atoms with van der Waals surface area (Å²) in [7, 11) is 0. The van der Waals surface area contributed by atoms with Crippen LogP contribution in [0.15, 0.2) is 0 Å². The van der Waals surface area contributed by atoms with E-state index in [9.17, 15) is 4.79 Å². The van der Waals surface area contributed by atoms with Crippen molar-refractivity contribution in [1.29, 1.82) is 0 Å². The quantitative estimate of drug-likeness (QED) is 0.0657. The molecule has 1 aliphatic heterocycles. The van der Waals surface area contributed by atoms with Gasteiger partial charge in [0.15, 0.2) is 0 Å². The van der Waals surface area contributed by atoms with Gasteiger partial charge in [0.1, 0.15) is 0 Å². The first-order chi connectivity index (χ1) is 23.1. The van der Waals surface area contributed by atoms with Crippen molar-refractivity contribution in [3.05, 3.63) is 0 Å². The van der Waals surface area contributed by atoms with E-state index in [1.807, 2.05) is 0 Å². The molecule has 0 bridgehead atoms. The highest BCUT2D eigenvalue weighted by atomic mass is 16.2. The molecule has 0 aromatic rings. The standard InChI is InChI=1S/C44H88N2O/c1-5-9-13-17-21-25-29-33-37-43(38-34-30-26-22-18-14-10-6-2)41-45-42(47)44(46-43,39-35-31-27-23-19-15-11-7-3)40-36-32-28-24-20-16-12-8-4/h46H,5-41H2,1-4H3,(H,45,47). The molecule has 0 atom stereocenters. The molecule has 1 amide bonds. The normalized spacial score (nSPS) is 15.7. The minimum absolute atomic E-state index is 0.0820. The predicted molar refractivity (Wildman–Crippen MR) is 211 cm³/mol. The topological polar surface area (TPSA) is 41.1 Å². The smallest absolute Gasteiger partial charge is 0.240 e. The van der Waals surface area contributed by atoms with Gasteiger partial charge in [-0.05, 0) is 25.7 Å². The second kappa shape index (κ2) is 31.4. The lowest BCUT2D eigenvalue weighted by Crippen LogP contribution is -2.73. The summed E-state index contributed by atoms with van der Waals surface area (Å²) in [6.45, 7) is 10.1. The average molecular weight is 661 g/mol. The van der Waals surface area contributed by atoms with Crippen LogP contribution in [0.5, 0.6) is 0 Å². The van der Waals surface area contributed by atoms with Crippen molar-refractivity contribution < 1.29 is 4.79 Å². The summed E-state index contributed by atoms with van der Waals surface area (Å²) in [5.41, 5.74) is -0.276. The maximum Gasteiger partial charge on any atom is 0.240 e. The molecule has 0 aliphatic carbocycles. The zero-order chi connectivity index (χ0) is 34.2. The molecule has 0 aromatic heterocycles. The lowest BCUT2D eigenvalue weighted by Gasteiger charge is -2.50. The molecule has 1 heterocycles. The van der Waals surface area contributed by atoms with Gasteiger partial charge in [0.05, 0.1) is 5.54 Å². The molecule has 0 saturated carbocycles. The Labute approximate surface area is 297 Å². The summed E-state index contributed by atoms with van der Waals surface area (Å²) >= 11 is 0. The van der Waals surface area contributed by atoms with Crippen molar-refractivity contribution in [2.75, 3.05) is 6.54 Å². The van der Waals surface area contributed by atoms with Crippen molar-refractivity contribution in [1.82, 2.24) is 10.6 Å². The Morgan fingerprint density at radius 2 is 0.638 bits per heavy atom. The summed E-state index contributed by atoms with van der Waals surface area (Å²) in [4.78, 5) is 13.9. The van der Waals surface area contributed by atoms with Crippen molar-refractivity contribution in [2.24, 2.45) is 0 Å². The van der Waals surface area contributed by atoms with Gasteiger partial charge in [-0.3, -0.25) is 10.1 Å². The van der Waals surface area contributed by atoms with Gasteiger partial charge >= 0.3 is 0 Å². The molecular formula is C44H88N2O. The van der Waals surface area contributed by atoms with E-state index < -0.39 is 0 Å². The summed E-state index contributed by atoms with van der Waals surface area (Å²) in [6, 6.07) is 0. The number of piperazine rings is 1. The summed E-state index contributed by atoms with van der Waals surface area (Å²) in [5.74, 6) is 0.325.